The minimum Gasteiger partial charge on any atom is -0.406 e. The molecule has 1 N–H and O–H groups in total. The first-order chi connectivity index (χ1) is 15.6. The van der Waals surface area contributed by atoms with Crippen LogP contribution in [0.4, 0.5) is 23.2 Å². The second-order valence-electron chi connectivity index (χ2n) is 6.88. The molecule has 172 valence electrons. The summed E-state index contributed by atoms with van der Waals surface area (Å²) in [6.45, 7) is -0.461. The molecule has 0 aromatic heterocycles. The van der Waals surface area contributed by atoms with Gasteiger partial charge in [-0.1, -0.05) is 35.9 Å². The van der Waals surface area contributed by atoms with E-state index < -0.39 is 36.3 Å². The van der Waals surface area contributed by atoms with Crippen LogP contribution in [0.15, 0.2) is 72.8 Å². The molecule has 33 heavy (non-hydrogen) atoms. The monoisotopic (exact) mass is 480 g/mol. The van der Waals surface area contributed by atoms with Crippen LogP contribution in [0.1, 0.15) is 15.9 Å². The van der Waals surface area contributed by atoms with Gasteiger partial charge in [-0.2, -0.15) is 0 Å². The molecule has 0 radical (unpaired) electrons. The Morgan fingerprint density at radius 3 is 2.30 bits per heavy atom. The standard InChI is InChI=1S/C23H17ClF4N2O3/c24-20-7-2-1-4-16(20)13-30(14-21(31)29-18-6-3-5-17(25)12-18)22(32)15-8-10-19(11-9-15)33-23(26,27)28/h1-12H,13-14H2,(H,29,31). The summed E-state index contributed by atoms with van der Waals surface area (Å²) in [6, 6.07) is 16.3. The predicted molar refractivity (Wildman–Crippen MR) is 114 cm³/mol. The maximum absolute atomic E-state index is 13.4. The van der Waals surface area contributed by atoms with Crippen molar-refractivity contribution in [3.05, 3.63) is 94.8 Å². The molecule has 0 spiro atoms. The molecule has 0 bridgehead atoms. The number of amides is 2. The van der Waals surface area contributed by atoms with E-state index in [0.717, 1.165) is 30.3 Å². The van der Waals surface area contributed by atoms with E-state index in [1.165, 1.54) is 23.1 Å². The van der Waals surface area contributed by atoms with Gasteiger partial charge in [-0.25, -0.2) is 4.39 Å². The molecule has 3 aromatic rings. The van der Waals surface area contributed by atoms with Gasteiger partial charge in [-0.3, -0.25) is 9.59 Å². The summed E-state index contributed by atoms with van der Waals surface area (Å²) in [5, 5.41) is 2.87. The van der Waals surface area contributed by atoms with E-state index in [9.17, 15) is 27.2 Å². The van der Waals surface area contributed by atoms with E-state index >= 15 is 0 Å². The zero-order chi connectivity index (χ0) is 24.0. The van der Waals surface area contributed by atoms with E-state index in [1.807, 2.05) is 0 Å². The lowest BCUT2D eigenvalue weighted by Gasteiger charge is -2.23. The first-order valence-electron chi connectivity index (χ1n) is 9.54. The molecule has 0 heterocycles. The molecule has 0 fully saturated rings. The van der Waals surface area contributed by atoms with Crippen LogP contribution in [0.5, 0.6) is 5.75 Å². The van der Waals surface area contributed by atoms with Crippen LogP contribution in [0, 0.1) is 5.82 Å². The Labute approximate surface area is 191 Å². The molecule has 0 saturated heterocycles. The largest absolute Gasteiger partial charge is 0.573 e. The number of carbonyl (C=O) groups is 2. The van der Waals surface area contributed by atoms with E-state index in [-0.39, 0.29) is 17.8 Å². The summed E-state index contributed by atoms with van der Waals surface area (Å²) in [7, 11) is 0. The van der Waals surface area contributed by atoms with Crippen LogP contribution >= 0.6 is 11.6 Å². The predicted octanol–water partition coefficient (Wildman–Crippen LogP) is 5.66. The summed E-state index contributed by atoms with van der Waals surface area (Å²) in [6.07, 6.45) is -4.86. The lowest BCUT2D eigenvalue weighted by atomic mass is 10.1. The summed E-state index contributed by atoms with van der Waals surface area (Å²) < 4.78 is 54.3. The van der Waals surface area contributed by atoms with Gasteiger partial charge < -0.3 is 15.0 Å². The van der Waals surface area contributed by atoms with Crippen molar-refractivity contribution in [2.24, 2.45) is 0 Å². The van der Waals surface area contributed by atoms with Gasteiger partial charge in [0.05, 0.1) is 0 Å². The molecular formula is C23H17ClF4N2O3. The minimum absolute atomic E-state index is 0.0372. The van der Waals surface area contributed by atoms with Crippen LogP contribution in [-0.4, -0.2) is 29.6 Å². The Morgan fingerprint density at radius 2 is 1.67 bits per heavy atom. The van der Waals surface area contributed by atoms with Gasteiger partial charge in [-0.05, 0) is 54.1 Å². The number of alkyl halides is 3. The second kappa shape index (κ2) is 10.4. The fourth-order valence-electron chi connectivity index (χ4n) is 2.95. The number of anilines is 1. The molecule has 0 aliphatic carbocycles. The van der Waals surface area contributed by atoms with Crippen molar-refractivity contribution < 1.29 is 31.9 Å². The molecule has 3 rings (SSSR count). The van der Waals surface area contributed by atoms with Crippen molar-refractivity contribution in [2.75, 3.05) is 11.9 Å². The first kappa shape index (κ1) is 24.1. The number of carbonyl (C=O) groups excluding carboxylic acids is 2. The first-order valence-corrected chi connectivity index (χ1v) is 9.92. The highest BCUT2D eigenvalue weighted by Crippen LogP contribution is 2.24. The molecule has 0 aliphatic rings. The quantitative estimate of drug-likeness (QED) is 0.444. The molecule has 10 heteroatoms. The molecule has 0 atom stereocenters. The van der Waals surface area contributed by atoms with E-state index in [0.29, 0.717) is 10.6 Å². The van der Waals surface area contributed by atoms with Gasteiger partial charge in [0.1, 0.15) is 18.1 Å². The molecular weight excluding hydrogens is 464 g/mol. The third kappa shape index (κ3) is 7.21. The zero-order valence-corrected chi connectivity index (χ0v) is 17.7. The molecule has 0 aliphatic heterocycles. The summed E-state index contributed by atoms with van der Waals surface area (Å²) in [5.74, 6) is -2.25. The number of ether oxygens (including phenoxy) is 1. The average molecular weight is 481 g/mol. The summed E-state index contributed by atoms with van der Waals surface area (Å²) in [4.78, 5) is 26.8. The van der Waals surface area contributed by atoms with Crippen molar-refractivity contribution >= 4 is 29.1 Å². The number of halogens is 5. The molecule has 0 saturated carbocycles. The van der Waals surface area contributed by atoms with Crippen molar-refractivity contribution in [3.8, 4) is 5.75 Å². The Bertz CT molecular complexity index is 1140. The Balaban J connectivity index is 1.80. The number of benzene rings is 3. The molecule has 2 amide bonds. The normalized spacial score (nSPS) is 11.1. The van der Waals surface area contributed by atoms with Crippen LogP contribution in [0.25, 0.3) is 0 Å². The van der Waals surface area contributed by atoms with Crippen molar-refractivity contribution in [1.29, 1.82) is 0 Å². The lowest BCUT2D eigenvalue weighted by molar-refractivity contribution is -0.274. The van der Waals surface area contributed by atoms with Gasteiger partial charge in [0.25, 0.3) is 5.91 Å². The van der Waals surface area contributed by atoms with E-state index in [2.05, 4.69) is 10.1 Å². The topological polar surface area (TPSA) is 58.6 Å². The number of rotatable bonds is 7. The maximum Gasteiger partial charge on any atom is 0.573 e. The number of nitrogens with one attached hydrogen (secondary N) is 1. The smallest absolute Gasteiger partial charge is 0.406 e. The number of nitrogens with zero attached hydrogens (tertiary/aromatic N) is 1. The van der Waals surface area contributed by atoms with Gasteiger partial charge in [0.15, 0.2) is 0 Å². The molecule has 3 aromatic carbocycles. The fraction of sp³-hybridized carbons (Fsp3) is 0.130. The highest BCUT2D eigenvalue weighted by molar-refractivity contribution is 6.31. The summed E-state index contributed by atoms with van der Waals surface area (Å²) >= 11 is 6.18. The third-order valence-electron chi connectivity index (χ3n) is 4.38. The number of hydrogen-bond acceptors (Lipinski definition) is 3. The van der Waals surface area contributed by atoms with Crippen molar-refractivity contribution in [1.82, 2.24) is 4.90 Å². The van der Waals surface area contributed by atoms with E-state index in [1.54, 1.807) is 24.3 Å². The Morgan fingerprint density at radius 1 is 0.970 bits per heavy atom. The van der Waals surface area contributed by atoms with Crippen molar-refractivity contribution in [3.63, 3.8) is 0 Å². The average Bonchev–Trinajstić information content (AvgIpc) is 2.73. The highest BCUT2D eigenvalue weighted by atomic mass is 35.5. The Hall–Kier alpha value is -3.59. The van der Waals surface area contributed by atoms with Crippen LogP contribution < -0.4 is 10.1 Å². The molecule has 5 nitrogen and oxygen atoms in total. The fourth-order valence-corrected chi connectivity index (χ4v) is 3.15. The van der Waals surface area contributed by atoms with Gasteiger partial charge >= 0.3 is 6.36 Å². The van der Waals surface area contributed by atoms with Crippen LogP contribution in [0.3, 0.4) is 0 Å². The van der Waals surface area contributed by atoms with E-state index in [4.69, 9.17) is 11.6 Å². The lowest BCUT2D eigenvalue weighted by Crippen LogP contribution is -2.37. The Kier molecular flexibility index (Phi) is 7.55. The van der Waals surface area contributed by atoms with Gasteiger partial charge in [-0.15, -0.1) is 13.2 Å². The van der Waals surface area contributed by atoms with Gasteiger partial charge in [0.2, 0.25) is 5.91 Å². The molecule has 0 unspecified atom stereocenters. The van der Waals surface area contributed by atoms with Crippen LogP contribution in [-0.2, 0) is 11.3 Å². The van der Waals surface area contributed by atoms with Gasteiger partial charge in [0, 0.05) is 22.8 Å². The summed E-state index contributed by atoms with van der Waals surface area (Å²) in [5.41, 5.74) is 0.803. The number of hydrogen-bond donors (Lipinski definition) is 1. The maximum atomic E-state index is 13.4. The minimum atomic E-state index is -4.86. The highest BCUT2D eigenvalue weighted by Gasteiger charge is 2.31. The third-order valence-corrected chi connectivity index (χ3v) is 4.75. The van der Waals surface area contributed by atoms with Crippen LogP contribution in [0.2, 0.25) is 5.02 Å². The second-order valence-corrected chi connectivity index (χ2v) is 7.29. The zero-order valence-electron chi connectivity index (χ0n) is 16.9. The SMILES string of the molecule is O=C(CN(Cc1ccccc1Cl)C(=O)c1ccc(OC(F)(F)F)cc1)Nc1cccc(F)c1. The van der Waals surface area contributed by atoms with Crippen molar-refractivity contribution in [2.45, 2.75) is 12.9 Å².